The summed E-state index contributed by atoms with van der Waals surface area (Å²) in [6, 6.07) is 0. The van der Waals surface area contributed by atoms with E-state index in [1.807, 2.05) is 0 Å². The molecule has 0 amide bonds. The van der Waals surface area contributed by atoms with Gasteiger partial charge in [0.1, 0.15) is 0 Å². The summed E-state index contributed by atoms with van der Waals surface area (Å²) in [6.45, 7) is 1.04. The van der Waals surface area contributed by atoms with E-state index in [4.69, 9.17) is 4.74 Å². The number of ether oxygens (including phenoxy) is 1. The van der Waals surface area contributed by atoms with Crippen molar-refractivity contribution in [2.45, 2.75) is 24.9 Å². The minimum atomic E-state index is 0.359. The zero-order chi connectivity index (χ0) is 6.60. The van der Waals surface area contributed by atoms with Crippen LogP contribution in [0.3, 0.4) is 0 Å². The van der Waals surface area contributed by atoms with Crippen LogP contribution in [0.1, 0.15) is 19.3 Å². The van der Waals surface area contributed by atoms with Crippen LogP contribution in [0.4, 0.5) is 0 Å². The summed E-state index contributed by atoms with van der Waals surface area (Å²) in [6.07, 6.45) is 8.87. The number of epoxide rings is 1. The lowest BCUT2D eigenvalue weighted by atomic mass is 9.69. The van der Waals surface area contributed by atoms with Crippen LogP contribution in [-0.4, -0.2) is 12.2 Å². The third kappa shape index (κ3) is 0.523. The second kappa shape index (κ2) is 1.48. The predicted octanol–water partition coefficient (Wildman–Crippen LogP) is 1.74. The highest BCUT2D eigenvalue weighted by atomic mass is 16.6. The standard InChI is InChI=1S/C9H12O/c1-3-8-4-2-7(1)5-9(8)6-10-9/h1,3,7-8H,2,4-6H2/t7-,8+,9+/m0/s1. The maximum atomic E-state index is 5.52. The topological polar surface area (TPSA) is 12.5 Å². The number of allylic oxidation sites excluding steroid dienone is 1. The van der Waals surface area contributed by atoms with Gasteiger partial charge in [0.25, 0.3) is 0 Å². The second-order valence-electron chi connectivity index (χ2n) is 3.89. The first-order valence-corrected chi connectivity index (χ1v) is 4.21. The van der Waals surface area contributed by atoms with E-state index in [0.29, 0.717) is 5.60 Å². The van der Waals surface area contributed by atoms with Gasteiger partial charge in [0.15, 0.2) is 0 Å². The van der Waals surface area contributed by atoms with E-state index in [1.54, 1.807) is 0 Å². The van der Waals surface area contributed by atoms with E-state index in [2.05, 4.69) is 12.2 Å². The Kier molecular flexibility index (Phi) is 0.791. The van der Waals surface area contributed by atoms with Crippen molar-refractivity contribution in [3.63, 3.8) is 0 Å². The molecule has 0 radical (unpaired) electrons. The molecule has 1 heteroatoms. The highest BCUT2D eigenvalue weighted by molar-refractivity contribution is 5.17. The van der Waals surface area contributed by atoms with Gasteiger partial charge in [0.05, 0.1) is 12.2 Å². The third-order valence-electron chi connectivity index (χ3n) is 3.26. The first kappa shape index (κ1) is 5.36. The van der Waals surface area contributed by atoms with E-state index >= 15 is 0 Å². The quantitative estimate of drug-likeness (QED) is 0.365. The molecule has 1 saturated carbocycles. The fourth-order valence-corrected chi connectivity index (χ4v) is 2.51. The van der Waals surface area contributed by atoms with Crippen LogP contribution >= 0.6 is 0 Å². The van der Waals surface area contributed by atoms with Crippen molar-refractivity contribution in [1.29, 1.82) is 0 Å². The van der Waals surface area contributed by atoms with Gasteiger partial charge in [-0.2, -0.15) is 0 Å². The lowest BCUT2D eigenvalue weighted by Gasteiger charge is -2.35. The molecule has 0 aromatic carbocycles. The Hall–Kier alpha value is -0.300. The van der Waals surface area contributed by atoms with Gasteiger partial charge in [0, 0.05) is 5.92 Å². The Morgan fingerprint density at radius 1 is 1.30 bits per heavy atom. The molecule has 1 spiro atoms. The normalized spacial score (nSPS) is 56.0. The van der Waals surface area contributed by atoms with E-state index < -0.39 is 0 Å². The average molecular weight is 136 g/mol. The molecule has 0 aromatic rings. The van der Waals surface area contributed by atoms with Crippen LogP contribution < -0.4 is 0 Å². The Morgan fingerprint density at radius 2 is 2.20 bits per heavy atom. The molecule has 0 unspecified atom stereocenters. The van der Waals surface area contributed by atoms with Crippen molar-refractivity contribution in [2.75, 3.05) is 6.61 Å². The fourth-order valence-electron chi connectivity index (χ4n) is 2.51. The maximum Gasteiger partial charge on any atom is 0.0984 e. The van der Waals surface area contributed by atoms with Crippen molar-refractivity contribution >= 4 is 0 Å². The number of hydrogen-bond acceptors (Lipinski definition) is 1. The molecule has 0 aromatic heterocycles. The van der Waals surface area contributed by atoms with Gasteiger partial charge in [-0.05, 0) is 25.2 Å². The molecule has 3 atom stereocenters. The number of hydrogen-bond donors (Lipinski definition) is 0. The Balaban J connectivity index is 2.00. The van der Waals surface area contributed by atoms with Crippen molar-refractivity contribution in [3.05, 3.63) is 12.2 Å². The summed E-state index contributed by atoms with van der Waals surface area (Å²) in [7, 11) is 0. The van der Waals surface area contributed by atoms with E-state index in [1.165, 1.54) is 19.3 Å². The molecule has 4 rings (SSSR count). The minimum Gasteiger partial charge on any atom is -0.369 e. The smallest absolute Gasteiger partial charge is 0.0984 e. The number of rotatable bonds is 0. The summed E-state index contributed by atoms with van der Waals surface area (Å²) < 4.78 is 5.52. The molecule has 0 N–H and O–H groups in total. The molecule has 1 aliphatic heterocycles. The zero-order valence-electron chi connectivity index (χ0n) is 6.05. The van der Waals surface area contributed by atoms with E-state index in [-0.39, 0.29) is 0 Å². The van der Waals surface area contributed by atoms with Gasteiger partial charge < -0.3 is 4.74 Å². The highest BCUT2D eigenvalue weighted by Gasteiger charge is 2.54. The largest absolute Gasteiger partial charge is 0.369 e. The van der Waals surface area contributed by atoms with Crippen molar-refractivity contribution in [2.24, 2.45) is 11.8 Å². The molecule has 1 saturated heterocycles. The van der Waals surface area contributed by atoms with Crippen molar-refractivity contribution in [3.8, 4) is 0 Å². The second-order valence-corrected chi connectivity index (χ2v) is 3.89. The molecule has 4 aliphatic rings. The first-order valence-electron chi connectivity index (χ1n) is 4.21. The SMILES string of the molecule is C1=C[C@@H]2CC[C@H]1C[C@@]21CO1. The molecule has 10 heavy (non-hydrogen) atoms. The average Bonchev–Trinajstić information content (AvgIpc) is 2.72. The van der Waals surface area contributed by atoms with Gasteiger partial charge >= 0.3 is 0 Å². The molecule has 2 bridgehead atoms. The van der Waals surface area contributed by atoms with Crippen LogP contribution in [0.15, 0.2) is 12.2 Å². The Labute approximate surface area is 61.1 Å². The van der Waals surface area contributed by atoms with Gasteiger partial charge in [-0.15, -0.1) is 0 Å². The Morgan fingerprint density at radius 3 is 2.50 bits per heavy atom. The monoisotopic (exact) mass is 136 g/mol. The Bertz CT molecular complexity index is 191. The summed E-state index contributed by atoms with van der Waals surface area (Å²) in [5.74, 6) is 1.63. The predicted molar refractivity (Wildman–Crippen MR) is 38.7 cm³/mol. The number of fused-ring (bicyclic) bond motifs is 1. The van der Waals surface area contributed by atoms with Crippen LogP contribution in [0.2, 0.25) is 0 Å². The molecular formula is C9H12O. The summed E-state index contributed by atoms with van der Waals surface area (Å²) in [5, 5.41) is 0. The molecule has 54 valence electrons. The van der Waals surface area contributed by atoms with Gasteiger partial charge in [-0.25, -0.2) is 0 Å². The summed E-state index contributed by atoms with van der Waals surface area (Å²) >= 11 is 0. The van der Waals surface area contributed by atoms with Crippen LogP contribution in [-0.2, 0) is 4.74 Å². The third-order valence-corrected chi connectivity index (χ3v) is 3.26. The molecule has 2 fully saturated rings. The summed E-state index contributed by atoms with van der Waals surface area (Å²) in [4.78, 5) is 0. The summed E-state index contributed by atoms with van der Waals surface area (Å²) in [5.41, 5.74) is 0.359. The maximum absolute atomic E-state index is 5.52. The molecule has 3 aliphatic carbocycles. The molecule has 1 heterocycles. The lowest BCUT2D eigenvalue weighted by Crippen LogP contribution is -2.34. The lowest BCUT2D eigenvalue weighted by molar-refractivity contribution is 0.151. The van der Waals surface area contributed by atoms with E-state index in [0.717, 1.165) is 18.4 Å². The first-order chi connectivity index (χ1) is 4.89. The van der Waals surface area contributed by atoms with Crippen LogP contribution in [0.5, 0.6) is 0 Å². The molecule has 1 nitrogen and oxygen atoms in total. The van der Waals surface area contributed by atoms with Gasteiger partial charge in [-0.1, -0.05) is 12.2 Å². The van der Waals surface area contributed by atoms with Crippen LogP contribution in [0.25, 0.3) is 0 Å². The van der Waals surface area contributed by atoms with Gasteiger partial charge in [0.2, 0.25) is 0 Å². The highest BCUT2D eigenvalue weighted by Crippen LogP contribution is 2.52. The van der Waals surface area contributed by atoms with Crippen molar-refractivity contribution < 1.29 is 4.74 Å². The zero-order valence-corrected chi connectivity index (χ0v) is 6.05. The fraction of sp³-hybridized carbons (Fsp3) is 0.778. The minimum absolute atomic E-state index is 0.359. The van der Waals surface area contributed by atoms with Crippen LogP contribution in [0, 0.1) is 11.8 Å². The van der Waals surface area contributed by atoms with Crippen molar-refractivity contribution in [1.82, 2.24) is 0 Å². The van der Waals surface area contributed by atoms with Gasteiger partial charge in [-0.3, -0.25) is 0 Å². The van der Waals surface area contributed by atoms with E-state index in [9.17, 15) is 0 Å². The molecular weight excluding hydrogens is 124 g/mol.